The van der Waals surface area contributed by atoms with Gasteiger partial charge in [-0.25, -0.2) is 0 Å². The first-order valence-corrected chi connectivity index (χ1v) is 11.3. The number of carbonyl (C=O) groups excluding carboxylic acids is 2. The third-order valence-electron chi connectivity index (χ3n) is 6.12. The van der Waals surface area contributed by atoms with Gasteiger partial charge >= 0.3 is 0 Å². The lowest BCUT2D eigenvalue weighted by atomic mass is 9.84. The number of hydrogen-bond acceptors (Lipinski definition) is 4. The standard InChI is InChI=1S/C28H26ClNO4/c1-16-10-12-18(28(2,3)4)15-20(16)25(32)23-24(17-11-13-22(31)21(29)14-17)30(27(34)26(23)33)19-8-6-5-7-9-19/h5-15,24,31-32H,1-4H3/b25-23+. The van der Waals surface area contributed by atoms with Gasteiger partial charge in [0.25, 0.3) is 11.7 Å². The number of ketones is 1. The highest BCUT2D eigenvalue weighted by Gasteiger charge is 2.47. The molecular formula is C28H26ClNO4. The van der Waals surface area contributed by atoms with Gasteiger partial charge in [0.05, 0.1) is 16.6 Å². The van der Waals surface area contributed by atoms with Crippen LogP contribution >= 0.6 is 11.6 Å². The average molecular weight is 476 g/mol. The molecule has 1 aliphatic heterocycles. The van der Waals surface area contributed by atoms with Gasteiger partial charge in [-0.2, -0.15) is 0 Å². The summed E-state index contributed by atoms with van der Waals surface area (Å²) in [5.41, 5.74) is 3.07. The molecule has 1 atom stereocenters. The Labute approximate surface area is 203 Å². The van der Waals surface area contributed by atoms with Crippen molar-refractivity contribution in [2.24, 2.45) is 0 Å². The zero-order chi connectivity index (χ0) is 24.8. The molecule has 174 valence electrons. The fraction of sp³-hybridized carbons (Fsp3) is 0.214. The number of aromatic hydroxyl groups is 1. The number of hydrogen-bond donors (Lipinski definition) is 2. The minimum atomic E-state index is -0.918. The van der Waals surface area contributed by atoms with Crippen molar-refractivity contribution in [3.05, 3.63) is 99.6 Å². The number of halogens is 1. The number of carbonyl (C=O) groups is 2. The first-order chi connectivity index (χ1) is 16.0. The highest BCUT2D eigenvalue weighted by Crippen LogP contribution is 2.44. The van der Waals surface area contributed by atoms with Gasteiger partial charge in [0, 0.05) is 11.3 Å². The third-order valence-corrected chi connectivity index (χ3v) is 6.43. The number of anilines is 1. The Hall–Kier alpha value is -3.57. The number of amides is 1. The van der Waals surface area contributed by atoms with Gasteiger partial charge in [-0.05, 0) is 59.4 Å². The Morgan fingerprint density at radius 2 is 1.65 bits per heavy atom. The molecular weight excluding hydrogens is 450 g/mol. The van der Waals surface area contributed by atoms with Crippen molar-refractivity contribution in [2.45, 2.75) is 39.2 Å². The van der Waals surface area contributed by atoms with Crippen LogP contribution in [0, 0.1) is 6.92 Å². The summed E-state index contributed by atoms with van der Waals surface area (Å²) in [6.07, 6.45) is 0. The summed E-state index contributed by atoms with van der Waals surface area (Å²) in [6, 6.07) is 18.2. The van der Waals surface area contributed by atoms with Crippen LogP contribution in [-0.4, -0.2) is 21.9 Å². The van der Waals surface area contributed by atoms with Crippen LogP contribution in [0.25, 0.3) is 5.76 Å². The van der Waals surface area contributed by atoms with Crippen LogP contribution in [0.2, 0.25) is 5.02 Å². The van der Waals surface area contributed by atoms with E-state index in [-0.39, 0.29) is 27.5 Å². The van der Waals surface area contributed by atoms with E-state index < -0.39 is 17.7 Å². The molecule has 3 aromatic rings. The van der Waals surface area contributed by atoms with E-state index in [2.05, 4.69) is 20.8 Å². The van der Waals surface area contributed by atoms with Crippen LogP contribution in [0.15, 0.2) is 72.3 Å². The Bertz CT molecular complexity index is 1320. The van der Waals surface area contributed by atoms with Crippen LogP contribution in [0.3, 0.4) is 0 Å². The van der Waals surface area contributed by atoms with Crippen molar-refractivity contribution >= 4 is 34.7 Å². The van der Waals surface area contributed by atoms with Crippen LogP contribution in [0.5, 0.6) is 5.75 Å². The van der Waals surface area contributed by atoms with E-state index in [4.69, 9.17) is 11.6 Å². The smallest absolute Gasteiger partial charge is 0.300 e. The lowest BCUT2D eigenvalue weighted by Gasteiger charge is -2.26. The van der Waals surface area contributed by atoms with E-state index in [9.17, 15) is 19.8 Å². The minimum Gasteiger partial charge on any atom is -0.507 e. The van der Waals surface area contributed by atoms with Crippen LogP contribution in [0.1, 0.15) is 49.1 Å². The maximum absolute atomic E-state index is 13.3. The first kappa shape index (κ1) is 23.6. The molecule has 1 amide bonds. The average Bonchev–Trinajstić information content (AvgIpc) is 3.06. The highest BCUT2D eigenvalue weighted by atomic mass is 35.5. The first-order valence-electron chi connectivity index (χ1n) is 11.0. The van der Waals surface area contributed by atoms with Gasteiger partial charge in [0.1, 0.15) is 11.5 Å². The summed E-state index contributed by atoms with van der Waals surface area (Å²) in [7, 11) is 0. The molecule has 2 N–H and O–H groups in total. The Morgan fingerprint density at radius 1 is 0.971 bits per heavy atom. The number of benzene rings is 3. The van der Waals surface area contributed by atoms with Crippen molar-refractivity contribution in [1.29, 1.82) is 0 Å². The number of aliphatic hydroxyl groups excluding tert-OH is 1. The number of phenols is 1. The molecule has 1 heterocycles. The van der Waals surface area contributed by atoms with E-state index in [1.165, 1.54) is 17.0 Å². The molecule has 1 aliphatic rings. The van der Waals surface area contributed by atoms with Gasteiger partial charge in [-0.1, -0.05) is 68.8 Å². The quantitative estimate of drug-likeness (QED) is 0.265. The molecule has 34 heavy (non-hydrogen) atoms. The Kier molecular flexibility index (Phi) is 6.00. The highest BCUT2D eigenvalue weighted by molar-refractivity contribution is 6.51. The number of rotatable bonds is 3. The SMILES string of the molecule is Cc1ccc(C(C)(C)C)cc1/C(O)=C1\C(=O)C(=O)N(c2ccccc2)C1c1ccc(O)c(Cl)c1. The second-order valence-electron chi connectivity index (χ2n) is 9.50. The summed E-state index contributed by atoms with van der Waals surface area (Å²) >= 11 is 6.18. The largest absolute Gasteiger partial charge is 0.507 e. The Morgan fingerprint density at radius 3 is 2.26 bits per heavy atom. The van der Waals surface area contributed by atoms with Crippen LogP contribution in [0.4, 0.5) is 5.69 Å². The normalized spacial score (nSPS) is 17.9. The topological polar surface area (TPSA) is 77.8 Å². The summed E-state index contributed by atoms with van der Waals surface area (Å²) in [6.45, 7) is 8.04. The van der Waals surface area contributed by atoms with Crippen LogP contribution in [-0.2, 0) is 15.0 Å². The molecule has 4 rings (SSSR count). The maximum atomic E-state index is 13.3. The molecule has 1 unspecified atom stereocenters. The van der Waals surface area contributed by atoms with Crippen molar-refractivity contribution in [2.75, 3.05) is 4.90 Å². The molecule has 1 saturated heterocycles. The fourth-order valence-electron chi connectivity index (χ4n) is 4.18. The van der Waals surface area contributed by atoms with E-state index in [0.717, 1.165) is 11.1 Å². The number of para-hydroxylation sites is 1. The van der Waals surface area contributed by atoms with Crippen LogP contribution < -0.4 is 4.90 Å². The maximum Gasteiger partial charge on any atom is 0.300 e. The predicted molar refractivity (Wildman–Crippen MR) is 134 cm³/mol. The van der Waals surface area contributed by atoms with Gasteiger partial charge in [0.15, 0.2) is 0 Å². The number of aryl methyl sites for hydroxylation is 1. The molecule has 1 fully saturated rings. The van der Waals surface area contributed by atoms with E-state index in [0.29, 0.717) is 16.8 Å². The van der Waals surface area contributed by atoms with Gasteiger partial charge < -0.3 is 10.2 Å². The number of aliphatic hydroxyl groups is 1. The molecule has 0 aromatic heterocycles. The molecule has 5 nitrogen and oxygen atoms in total. The summed E-state index contributed by atoms with van der Waals surface area (Å²) in [4.78, 5) is 27.9. The molecule has 6 heteroatoms. The van der Waals surface area contributed by atoms with Gasteiger partial charge in [-0.15, -0.1) is 0 Å². The molecule has 0 aliphatic carbocycles. The van der Waals surface area contributed by atoms with Crippen molar-refractivity contribution in [3.8, 4) is 5.75 Å². The number of Topliss-reactive ketones (excluding diaryl/α,β-unsaturated/α-hetero) is 1. The zero-order valence-corrected chi connectivity index (χ0v) is 20.2. The fourth-order valence-corrected chi connectivity index (χ4v) is 4.37. The summed E-state index contributed by atoms with van der Waals surface area (Å²) in [5.74, 6) is -1.88. The van der Waals surface area contributed by atoms with Crippen molar-refractivity contribution < 1.29 is 19.8 Å². The molecule has 0 spiro atoms. The minimum absolute atomic E-state index is 0.0234. The predicted octanol–water partition coefficient (Wildman–Crippen LogP) is 6.28. The second-order valence-corrected chi connectivity index (χ2v) is 9.90. The lowest BCUT2D eigenvalue weighted by Crippen LogP contribution is -2.29. The number of phenolic OH excluding ortho intramolecular Hbond substituents is 1. The lowest BCUT2D eigenvalue weighted by molar-refractivity contribution is -0.132. The third kappa shape index (κ3) is 4.08. The molecule has 0 bridgehead atoms. The number of nitrogens with zero attached hydrogens (tertiary/aromatic N) is 1. The van der Waals surface area contributed by atoms with Crippen molar-refractivity contribution in [3.63, 3.8) is 0 Å². The molecule has 3 aromatic carbocycles. The van der Waals surface area contributed by atoms with E-state index in [1.807, 2.05) is 31.2 Å². The summed E-state index contributed by atoms with van der Waals surface area (Å²) < 4.78 is 0. The van der Waals surface area contributed by atoms with Gasteiger partial charge in [-0.3, -0.25) is 14.5 Å². The van der Waals surface area contributed by atoms with Crippen molar-refractivity contribution in [1.82, 2.24) is 0 Å². The molecule has 0 saturated carbocycles. The Balaban J connectivity index is 2.00. The molecule has 0 radical (unpaired) electrons. The van der Waals surface area contributed by atoms with E-state index >= 15 is 0 Å². The zero-order valence-electron chi connectivity index (χ0n) is 19.5. The second kappa shape index (κ2) is 8.65. The monoisotopic (exact) mass is 475 g/mol. The van der Waals surface area contributed by atoms with E-state index in [1.54, 1.807) is 30.3 Å². The van der Waals surface area contributed by atoms with Gasteiger partial charge in [0.2, 0.25) is 0 Å². The summed E-state index contributed by atoms with van der Waals surface area (Å²) in [5, 5.41) is 21.5.